The molecule has 3 nitrogen and oxygen atoms in total. The Morgan fingerprint density at radius 1 is 1.19 bits per heavy atom. The van der Waals surface area contributed by atoms with Crippen LogP contribution in [0.4, 0.5) is 8.78 Å². The third-order valence-electron chi connectivity index (χ3n) is 1.99. The van der Waals surface area contributed by atoms with E-state index in [0.717, 1.165) is 6.42 Å². The van der Waals surface area contributed by atoms with Gasteiger partial charge in [-0.15, -0.1) is 11.6 Å². The Morgan fingerprint density at radius 2 is 1.94 bits per heavy atom. The number of nitrogens with zero attached hydrogens (tertiary/aromatic N) is 1. The lowest BCUT2D eigenvalue weighted by Gasteiger charge is -2.20. The van der Waals surface area contributed by atoms with Gasteiger partial charge < -0.3 is 9.47 Å². The first-order chi connectivity index (χ1) is 7.70. The van der Waals surface area contributed by atoms with Gasteiger partial charge in [0.05, 0.1) is 13.2 Å². The summed E-state index contributed by atoms with van der Waals surface area (Å²) < 4.78 is 34.4. The van der Waals surface area contributed by atoms with Crippen LogP contribution in [0, 0.1) is 0 Å². The largest absolute Gasteiger partial charge is 0.385 e. The third-order valence-corrected chi connectivity index (χ3v) is 2.15. The fourth-order valence-corrected chi connectivity index (χ4v) is 1.45. The number of hydrogen-bond acceptors (Lipinski definition) is 3. The maximum atomic E-state index is 12.1. The van der Waals surface area contributed by atoms with Crippen molar-refractivity contribution < 1.29 is 18.3 Å². The molecule has 0 bridgehead atoms. The van der Waals surface area contributed by atoms with Crippen molar-refractivity contribution in [3.05, 3.63) is 0 Å². The molecule has 0 saturated heterocycles. The van der Waals surface area contributed by atoms with Gasteiger partial charge >= 0.3 is 0 Å². The molecule has 0 aliphatic rings. The fraction of sp³-hybridized carbons (Fsp3) is 1.00. The maximum absolute atomic E-state index is 12.1. The number of methoxy groups -OCH3 is 1. The molecule has 0 aliphatic carbocycles. The van der Waals surface area contributed by atoms with E-state index in [1.54, 1.807) is 12.0 Å². The summed E-state index contributed by atoms with van der Waals surface area (Å²) >= 11 is 5.52. The molecule has 16 heavy (non-hydrogen) atoms. The molecule has 0 N–H and O–H groups in total. The van der Waals surface area contributed by atoms with Gasteiger partial charge in [0.25, 0.3) is 6.43 Å². The lowest BCUT2D eigenvalue weighted by molar-refractivity contribution is 0.0557. The number of halogens is 3. The molecule has 0 fully saturated rings. The van der Waals surface area contributed by atoms with Crippen molar-refractivity contribution in [2.24, 2.45) is 0 Å². The Balaban J connectivity index is 3.44. The highest BCUT2D eigenvalue weighted by Gasteiger charge is 2.10. The number of ether oxygens (including phenoxy) is 2. The van der Waals surface area contributed by atoms with Gasteiger partial charge in [0, 0.05) is 39.3 Å². The Bertz CT molecular complexity index is 153. The zero-order chi connectivity index (χ0) is 12.2. The van der Waals surface area contributed by atoms with E-state index in [4.69, 9.17) is 21.1 Å². The molecule has 0 rings (SSSR count). The van der Waals surface area contributed by atoms with Crippen molar-refractivity contribution in [3.8, 4) is 0 Å². The summed E-state index contributed by atoms with van der Waals surface area (Å²) in [6, 6.07) is 0. The second-order valence-corrected chi connectivity index (χ2v) is 3.72. The van der Waals surface area contributed by atoms with Crippen molar-refractivity contribution in [2.75, 3.05) is 52.4 Å². The molecule has 0 aromatic carbocycles. The van der Waals surface area contributed by atoms with Crippen LogP contribution in [-0.4, -0.2) is 63.8 Å². The quantitative estimate of drug-likeness (QED) is 0.418. The molecule has 0 amide bonds. The van der Waals surface area contributed by atoms with Crippen LogP contribution in [0.15, 0.2) is 0 Å². The summed E-state index contributed by atoms with van der Waals surface area (Å²) in [7, 11) is 1.63. The van der Waals surface area contributed by atoms with Crippen LogP contribution >= 0.6 is 11.6 Å². The number of alkyl halides is 3. The van der Waals surface area contributed by atoms with Gasteiger partial charge in [0.2, 0.25) is 0 Å². The highest BCUT2D eigenvalue weighted by atomic mass is 35.5. The highest BCUT2D eigenvalue weighted by molar-refractivity contribution is 6.18. The van der Waals surface area contributed by atoms with Crippen molar-refractivity contribution in [3.63, 3.8) is 0 Å². The first kappa shape index (κ1) is 16.0. The van der Waals surface area contributed by atoms with Crippen molar-refractivity contribution in [1.82, 2.24) is 4.90 Å². The van der Waals surface area contributed by atoms with E-state index in [1.165, 1.54) is 0 Å². The molecule has 0 atom stereocenters. The molecule has 0 spiro atoms. The third kappa shape index (κ3) is 10.5. The van der Waals surface area contributed by atoms with Crippen LogP contribution in [0.5, 0.6) is 0 Å². The van der Waals surface area contributed by atoms with Crippen LogP contribution in [0.1, 0.15) is 6.42 Å². The fourth-order valence-electron chi connectivity index (χ4n) is 1.21. The van der Waals surface area contributed by atoms with Crippen LogP contribution in [-0.2, 0) is 9.47 Å². The van der Waals surface area contributed by atoms with Gasteiger partial charge in [-0.25, -0.2) is 8.78 Å². The molecule has 6 heteroatoms. The normalized spacial score (nSPS) is 11.6. The predicted octanol–water partition coefficient (Wildman–Crippen LogP) is 1.85. The van der Waals surface area contributed by atoms with Gasteiger partial charge in [-0.05, 0) is 6.42 Å². The van der Waals surface area contributed by atoms with E-state index < -0.39 is 6.43 Å². The Hall–Kier alpha value is 0.0300. The van der Waals surface area contributed by atoms with E-state index >= 15 is 0 Å². The van der Waals surface area contributed by atoms with Gasteiger partial charge in [-0.3, -0.25) is 4.90 Å². The predicted molar refractivity (Wildman–Crippen MR) is 60.5 cm³/mol. The molecule has 0 aromatic rings. The van der Waals surface area contributed by atoms with Gasteiger partial charge in [-0.2, -0.15) is 0 Å². The van der Waals surface area contributed by atoms with E-state index in [9.17, 15) is 8.78 Å². The number of hydrogen-bond donors (Lipinski definition) is 0. The lowest BCUT2D eigenvalue weighted by atomic mass is 10.4. The lowest BCUT2D eigenvalue weighted by Crippen LogP contribution is -2.33. The summed E-state index contributed by atoms with van der Waals surface area (Å²) in [6.07, 6.45) is -1.50. The SMILES string of the molecule is COCCCOCCN(CCCl)CC(F)F. The molecule has 98 valence electrons. The molecule has 0 aliphatic heterocycles. The minimum atomic E-state index is -2.32. The average Bonchev–Trinajstić information content (AvgIpc) is 2.22. The average molecular weight is 260 g/mol. The second-order valence-electron chi connectivity index (χ2n) is 3.34. The zero-order valence-electron chi connectivity index (χ0n) is 9.63. The monoisotopic (exact) mass is 259 g/mol. The first-order valence-corrected chi connectivity index (χ1v) is 5.87. The standard InChI is InChI=1S/C10H20ClF2NO2/c1-15-6-2-7-16-8-5-14(4-3-11)9-10(12)13/h10H,2-9H2,1H3. The van der Waals surface area contributed by atoms with Crippen LogP contribution in [0.2, 0.25) is 0 Å². The molecule has 0 aromatic heterocycles. The zero-order valence-corrected chi connectivity index (χ0v) is 10.4. The van der Waals surface area contributed by atoms with Crippen molar-refractivity contribution in [1.29, 1.82) is 0 Å². The smallest absolute Gasteiger partial charge is 0.251 e. The summed E-state index contributed by atoms with van der Waals surface area (Å²) in [5.41, 5.74) is 0. The van der Waals surface area contributed by atoms with Gasteiger partial charge in [0.1, 0.15) is 0 Å². The molecule has 0 heterocycles. The summed E-state index contributed by atoms with van der Waals surface area (Å²) in [5.74, 6) is 0.358. The minimum absolute atomic E-state index is 0.242. The molecular formula is C10H20ClF2NO2. The second kappa shape index (κ2) is 11.5. The number of rotatable bonds is 11. The summed E-state index contributed by atoms with van der Waals surface area (Å²) in [4.78, 5) is 1.61. The van der Waals surface area contributed by atoms with E-state index in [2.05, 4.69) is 0 Å². The van der Waals surface area contributed by atoms with Crippen LogP contribution in [0.3, 0.4) is 0 Å². The maximum Gasteiger partial charge on any atom is 0.251 e. The minimum Gasteiger partial charge on any atom is -0.385 e. The van der Waals surface area contributed by atoms with Crippen molar-refractivity contribution in [2.45, 2.75) is 12.8 Å². The van der Waals surface area contributed by atoms with Crippen LogP contribution < -0.4 is 0 Å². The van der Waals surface area contributed by atoms with Gasteiger partial charge in [-0.1, -0.05) is 0 Å². The van der Waals surface area contributed by atoms with E-state index in [1.807, 2.05) is 0 Å². The molecule has 0 saturated carbocycles. The first-order valence-electron chi connectivity index (χ1n) is 5.33. The van der Waals surface area contributed by atoms with Crippen molar-refractivity contribution >= 4 is 11.6 Å². The topological polar surface area (TPSA) is 21.7 Å². The van der Waals surface area contributed by atoms with E-state index in [0.29, 0.717) is 38.8 Å². The summed E-state index contributed by atoms with van der Waals surface area (Å²) in [5, 5.41) is 0. The summed E-state index contributed by atoms with van der Waals surface area (Å²) in [6.45, 7) is 2.42. The Labute approximate surface area is 101 Å². The van der Waals surface area contributed by atoms with Gasteiger partial charge in [0.15, 0.2) is 0 Å². The molecular weight excluding hydrogens is 240 g/mol. The van der Waals surface area contributed by atoms with E-state index in [-0.39, 0.29) is 6.54 Å². The highest BCUT2D eigenvalue weighted by Crippen LogP contribution is 1.99. The molecule has 0 radical (unpaired) electrons. The Morgan fingerprint density at radius 3 is 2.50 bits per heavy atom. The van der Waals surface area contributed by atoms with Crippen LogP contribution in [0.25, 0.3) is 0 Å². The molecule has 0 unspecified atom stereocenters. The Kier molecular flexibility index (Phi) is 11.5.